The van der Waals surface area contributed by atoms with Gasteiger partial charge in [-0.25, -0.2) is 4.79 Å². The van der Waals surface area contributed by atoms with Crippen LogP contribution in [0.3, 0.4) is 0 Å². The second kappa shape index (κ2) is 26.2. The number of rotatable bonds is 16. The highest BCUT2D eigenvalue weighted by molar-refractivity contribution is 5.80. The van der Waals surface area contributed by atoms with Crippen molar-refractivity contribution in [3.05, 3.63) is 11.6 Å². The Morgan fingerprint density at radius 1 is 0.564 bits per heavy atom. The molecule has 0 bridgehead atoms. The first-order valence-corrected chi connectivity index (χ1v) is 32.6. The van der Waals surface area contributed by atoms with Gasteiger partial charge in [-0.05, 0) is 97.7 Å². The summed E-state index contributed by atoms with van der Waals surface area (Å²) >= 11 is 0. The molecule has 11 rings (SSSR count). The number of carbonyl (C=O) groups excluding carboxylic acids is 1. The normalized spacial score (nSPS) is 55.0. The molecule has 0 amide bonds. The van der Waals surface area contributed by atoms with E-state index in [-0.39, 0.29) is 36.5 Å². The van der Waals surface area contributed by atoms with Gasteiger partial charge < -0.3 is 149 Å². The monoisotopic (exact) mass is 1350 g/mol. The number of hydrogen-bond acceptors (Lipinski definition) is 31. The quantitative estimate of drug-likeness (QED) is 0.0389. The lowest BCUT2D eigenvalue weighted by molar-refractivity contribution is -0.382. The van der Waals surface area contributed by atoms with Gasteiger partial charge in [0.2, 0.25) is 6.29 Å². The number of esters is 1. The number of allylic oxidation sites excluding steroid dienone is 2. The van der Waals surface area contributed by atoms with E-state index in [1.54, 1.807) is 6.92 Å². The van der Waals surface area contributed by atoms with Crippen LogP contribution in [0.25, 0.3) is 0 Å². The van der Waals surface area contributed by atoms with Crippen LogP contribution in [0.4, 0.5) is 0 Å². The van der Waals surface area contributed by atoms with Gasteiger partial charge in [0, 0.05) is 5.41 Å². The molecule has 32 nitrogen and oxygen atoms in total. The number of ether oxygens (including phenoxy) is 12. The summed E-state index contributed by atoms with van der Waals surface area (Å²) in [4.78, 5) is 26.9. The predicted octanol–water partition coefficient (Wildman–Crippen LogP) is -5.79. The first kappa shape index (κ1) is 72.8. The largest absolute Gasteiger partial charge is 0.479 e. The lowest BCUT2D eigenvalue weighted by Crippen LogP contribution is -2.70. The molecular weight excluding hydrogens is 1260 g/mol. The molecule has 0 unspecified atom stereocenters. The summed E-state index contributed by atoms with van der Waals surface area (Å²) in [6.07, 6.45) is -38.1. The van der Waals surface area contributed by atoms with E-state index in [1.807, 2.05) is 0 Å². The van der Waals surface area contributed by atoms with Crippen molar-refractivity contribution in [1.82, 2.24) is 0 Å². The number of carbonyl (C=O) groups is 2. The molecule has 4 saturated carbocycles. The van der Waals surface area contributed by atoms with Crippen molar-refractivity contribution >= 4 is 11.9 Å². The molecule has 0 aromatic heterocycles. The van der Waals surface area contributed by atoms with Gasteiger partial charge in [0.1, 0.15) is 102 Å². The minimum absolute atomic E-state index is 0.0858. The van der Waals surface area contributed by atoms with E-state index in [1.165, 1.54) is 6.92 Å². The van der Waals surface area contributed by atoms with Gasteiger partial charge in [0.25, 0.3) is 0 Å². The van der Waals surface area contributed by atoms with Gasteiger partial charge >= 0.3 is 11.9 Å². The van der Waals surface area contributed by atoms with Gasteiger partial charge in [-0.1, -0.05) is 53.2 Å². The Bertz CT molecular complexity index is 2750. The molecule has 0 aromatic carbocycles. The highest BCUT2D eigenvalue weighted by Crippen LogP contribution is 2.76. The van der Waals surface area contributed by atoms with E-state index in [2.05, 4.69) is 40.7 Å². The lowest BCUT2D eigenvalue weighted by Gasteiger charge is -2.72. The maximum atomic E-state index is 14.9. The molecule has 32 heteroatoms. The molecule has 35 atom stereocenters. The molecule has 0 aromatic rings. The fraction of sp³-hybridized carbons (Fsp3) is 0.935. The van der Waals surface area contributed by atoms with E-state index in [4.69, 9.17) is 56.8 Å². The molecule has 538 valence electrons. The van der Waals surface area contributed by atoms with Crippen molar-refractivity contribution in [3.63, 3.8) is 0 Å². The molecule has 11 aliphatic rings. The fourth-order valence-electron chi connectivity index (χ4n) is 18.6. The summed E-state index contributed by atoms with van der Waals surface area (Å²) in [7, 11) is 0. The lowest BCUT2D eigenvalue weighted by atomic mass is 9.33. The van der Waals surface area contributed by atoms with E-state index in [9.17, 15) is 102 Å². The number of carboxylic acid groups (broad SMARTS) is 1. The van der Waals surface area contributed by atoms with Crippen molar-refractivity contribution in [3.8, 4) is 0 Å². The SMILES string of the molecule is C[C@@H]1O[C@@H](O[C@@H]2CO[C@@H](O[C@H]3[C@@H](O)C[C@@]4(C)[C@@H](CC[C@]5(C)[C@@H]4CC=C4[C@@H]6CC(C)(C)CC[C@]6(C(=O)O[C@@H]6O[C@H](C(=O)O)[C@@H](O)[C@H](O)[C@@H]6O)[C@H](O)C[C@]45C)[C@]3(C)CO)[C@H](O)[C@H]2O)[C@H](O)[C@H](O[C@@H]2OC[C@](O)(CO)[C@H]2O)[C@H]1O[C@@H]1OC[C@@H](O)[C@H](O[C@@H]2OC[C@](O)(CO)[C@H]2O)[C@H]1O. The standard InChI is InChI=1S/C62H98O32/c1-24-40(89-49-38(74)41(28(67)17-83-49)90-52-44(76)60(81,20-64)22-85-52)42(91-53-45(77)61(82,21-65)23-86-53)39(75)51(87-24)88-29-18-84-48(36(72)33(29)69)93-46-27(66)15-56(4)30(57(46,5)19-63)10-11-58(6)31(56)9-8-25-26-14-55(2,3)12-13-62(26,32(68)16-59(25,58)7)54(80)94-50-37(73)34(70)35(71)43(92-50)47(78)79/h8,24,26-46,48-53,63-77,81-82H,9-23H2,1-7H3,(H,78,79)/t24-,26-,27-,28+,29+,30+,31+,32+,33-,34-,35-,36+,37-,38+,39+,40-,41-,42-,43-,44-,45-,46-,48-,49-,50-,51-,52-,53-,56-,57-,58+,59+,60+,61+,62+/m0/s1. The van der Waals surface area contributed by atoms with Crippen LogP contribution in [0.1, 0.15) is 99.8 Å². The van der Waals surface area contributed by atoms with Crippen LogP contribution in [0.5, 0.6) is 0 Å². The van der Waals surface area contributed by atoms with Crippen molar-refractivity contribution in [1.29, 1.82) is 0 Å². The Kier molecular flexibility index (Phi) is 20.3. The van der Waals surface area contributed by atoms with Gasteiger partial charge in [-0.15, -0.1) is 0 Å². The van der Waals surface area contributed by atoms with Crippen molar-refractivity contribution in [2.75, 3.05) is 46.2 Å². The first-order valence-electron chi connectivity index (χ1n) is 32.6. The van der Waals surface area contributed by atoms with Gasteiger partial charge in [0.05, 0.1) is 70.7 Å². The third-order valence-corrected chi connectivity index (χ3v) is 24.4. The number of aliphatic carboxylic acids is 1. The summed E-state index contributed by atoms with van der Waals surface area (Å²) in [5.41, 5.74) is -8.65. The number of aliphatic hydroxyl groups excluding tert-OH is 15. The zero-order valence-electron chi connectivity index (χ0n) is 53.6. The van der Waals surface area contributed by atoms with Gasteiger partial charge in [-0.3, -0.25) is 4.79 Å². The van der Waals surface area contributed by atoms with Crippen LogP contribution in [-0.2, 0) is 66.4 Å². The summed E-state index contributed by atoms with van der Waals surface area (Å²) in [6.45, 7) is 9.07. The molecule has 6 heterocycles. The van der Waals surface area contributed by atoms with Gasteiger partial charge in [0.15, 0.2) is 37.6 Å². The van der Waals surface area contributed by atoms with Gasteiger partial charge in [-0.2, -0.15) is 0 Å². The average molecular weight is 1360 g/mol. The average Bonchev–Trinajstić information content (AvgIpc) is 0.776. The van der Waals surface area contributed by atoms with E-state index < -0.39 is 256 Å². The molecule has 0 spiro atoms. The molecule has 5 aliphatic carbocycles. The van der Waals surface area contributed by atoms with Crippen molar-refractivity contribution < 1.29 is 158 Å². The van der Waals surface area contributed by atoms with Crippen LogP contribution in [-0.4, -0.2) is 315 Å². The third-order valence-electron chi connectivity index (χ3n) is 24.4. The topological polar surface area (TPSA) is 509 Å². The predicted molar refractivity (Wildman–Crippen MR) is 307 cm³/mol. The summed E-state index contributed by atoms with van der Waals surface area (Å²) in [6, 6.07) is 0. The maximum absolute atomic E-state index is 14.9. The molecule has 18 N–H and O–H groups in total. The van der Waals surface area contributed by atoms with Crippen LogP contribution < -0.4 is 0 Å². The van der Waals surface area contributed by atoms with Crippen LogP contribution >= 0.6 is 0 Å². The Hall–Kier alpha value is -2.44. The second-order valence-corrected chi connectivity index (χ2v) is 30.5. The Labute approximate surface area is 541 Å². The van der Waals surface area contributed by atoms with Crippen LogP contribution in [0, 0.1) is 50.2 Å². The zero-order chi connectivity index (χ0) is 68.7. The molecule has 6 saturated heterocycles. The zero-order valence-corrected chi connectivity index (χ0v) is 53.6. The Balaban J connectivity index is 0.778. The molecule has 0 radical (unpaired) electrons. The second-order valence-electron chi connectivity index (χ2n) is 30.5. The van der Waals surface area contributed by atoms with E-state index in [0.717, 1.165) is 5.57 Å². The minimum Gasteiger partial charge on any atom is -0.479 e. The summed E-state index contributed by atoms with van der Waals surface area (Å²) in [5.74, 6) is -3.76. The number of fused-ring (bicyclic) bond motifs is 7. The smallest absolute Gasteiger partial charge is 0.335 e. The van der Waals surface area contributed by atoms with Crippen LogP contribution in [0.15, 0.2) is 11.6 Å². The number of aliphatic hydroxyl groups is 17. The van der Waals surface area contributed by atoms with Crippen LogP contribution in [0.2, 0.25) is 0 Å². The van der Waals surface area contributed by atoms with E-state index >= 15 is 0 Å². The minimum atomic E-state index is -2.21. The molecular formula is C62H98O32. The molecule has 94 heavy (non-hydrogen) atoms. The Morgan fingerprint density at radius 2 is 1.15 bits per heavy atom. The number of carboxylic acids is 1. The first-order chi connectivity index (χ1) is 43.9. The highest BCUT2D eigenvalue weighted by Gasteiger charge is 2.74. The summed E-state index contributed by atoms with van der Waals surface area (Å²) in [5, 5.41) is 199. The van der Waals surface area contributed by atoms with Crippen molar-refractivity contribution in [2.45, 2.75) is 265 Å². The van der Waals surface area contributed by atoms with Crippen molar-refractivity contribution in [2.24, 2.45) is 50.2 Å². The number of hydrogen-bond donors (Lipinski definition) is 18. The molecule has 10 fully saturated rings. The van der Waals surface area contributed by atoms with E-state index in [0.29, 0.717) is 32.1 Å². The summed E-state index contributed by atoms with van der Waals surface area (Å²) < 4.78 is 70.3. The molecule has 6 aliphatic heterocycles. The maximum Gasteiger partial charge on any atom is 0.335 e. The third kappa shape index (κ3) is 11.7. The fourth-order valence-corrected chi connectivity index (χ4v) is 18.6. The highest BCUT2D eigenvalue weighted by atomic mass is 16.8. The Morgan fingerprint density at radius 3 is 1.76 bits per heavy atom.